The third-order valence-corrected chi connectivity index (χ3v) is 5.01. The normalized spacial score (nSPS) is 29.8. The van der Waals surface area contributed by atoms with Crippen LogP contribution in [0.4, 0.5) is 0 Å². The molecule has 0 aliphatic heterocycles. The van der Waals surface area contributed by atoms with Gasteiger partial charge in [0.05, 0.1) is 12.2 Å². The molecule has 0 saturated heterocycles. The quantitative estimate of drug-likeness (QED) is 0.885. The molecule has 2 aliphatic carbocycles. The number of hydrogen-bond donors (Lipinski definition) is 1. The number of benzene rings is 1. The average Bonchev–Trinajstić information content (AvgIpc) is 2.47. The van der Waals surface area contributed by atoms with E-state index in [0.29, 0.717) is 6.10 Å². The van der Waals surface area contributed by atoms with Crippen molar-refractivity contribution in [3.63, 3.8) is 0 Å². The lowest BCUT2D eigenvalue weighted by atomic mass is 9.85. The Kier molecular flexibility index (Phi) is 4.30. The van der Waals surface area contributed by atoms with Crippen molar-refractivity contribution in [3.8, 4) is 5.75 Å². The molecule has 2 nitrogen and oxygen atoms in total. The van der Waals surface area contributed by atoms with E-state index in [4.69, 9.17) is 4.74 Å². The Bertz CT molecular complexity index is 455. The van der Waals surface area contributed by atoms with Crippen LogP contribution in [0.15, 0.2) is 18.2 Å². The Labute approximate surface area is 122 Å². The molecule has 3 unspecified atom stereocenters. The topological polar surface area (TPSA) is 29.5 Å². The van der Waals surface area contributed by atoms with Gasteiger partial charge in [0, 0.05) is 0 Å². The third-order valence-electron chi connectivity index (χ3n) is 5.01. The Morgan fingerprint density at radius 2 is 2.10 bits per heavy atom. The van der Waals surface area contributed by atoms with E-state index in [1.165, 1.54) is 37.7 Å². The molecule has 0 heterocycles. The molecule has 1 aromatic rings. The molecule has 1 aromatic carbocycles. The minimum atomic E-state index is -0.271. The second kappa shape index (κ2) is 6.17. The number of rotatable bonds is 3. The van der Waals surface area contributed by atoms with Crippen LogP contribution in [0.25, 0.3) is 0 Å². The van der Waals surface area contributed by atoms with Gasteiger partial charge in [0.15, 0.2) is 0 Å². The van der Waals surface area contributed by atoms with E-state index in [0.717, 1.165) is 36.5 Å². The first kappa shape index (κ1) is 13.9. The van der Waals surface area contributed by atoms with Crippen LogP contribution < -0.4 is 4.74 Å². The number of hydrogen-bond acceptors (Lipinski definition) is 2. The zero-order valence-electron chi connectivity index (χ0n) is 12.5. The summed E-state index contributed by atoms with van der Waals surface area (Å²) < 4.78 is 6.21. The van der Waals surface area contributed by atoms with E-state index >= 15 is 0 Å². The largest absolute Gasteiger partial charge is 0.490 e. The summed E-state index contributed by atoms with van der Waals surface area (Å²) in [6.45, 7) is 2.29. The van der Waals surface area contributed by atoms with Crippen LogP contribution in [0.3, 0.4) is 0 Å². The summed E-state index contributed by atoms with van der Waals surface area (Å²) in [5.74, 6) is 1.84. The molecular weight excluding hydrogens is 248 g/mol. The maximum Gasteiger partial charge on any atom is 0.120 e. The predicted molar refractivity (Wildman–Crippen MR) is 81.0 cm³/mol. The summed E-state index contributed by atoms with van der Waals surface area (Å²) in [7, 11) is 0. The highest BCUT2D eigenvalue weighted by atomic mass is 16.5. The lowest BCUT2D eigenvalue weighted by Gasteiger charge is -2.29. The van der Waals surface area contributed by atoms with Crippen molar-refractivity contribution < 1.29 is 9.84 Å². The summed E-state index contributed by atoms with van der Waals surface area (Å²) in [5.41, 5.74) is 2.39. The van der Waals surface area contributed by atoms with Crippen LogP contribution in [0.2, 0.25) is 0 Å². The highest BCUT2D eigenvalue weighted by Crippen LogP contribution is 2.34. The fourth-order valence-electron chi connectivity index (χ4n) is 3.75. The molecule has 110 valence electrons. The molecule has 0 aromatic heterocycles. The molecule has 0 radical (unpaired) electrons. The van der Waals surface area contributed by atoms with Gasteiger partial charge in [-0.25, -0.2) is 0 Å². The molecule has 1 fully saturated rings. The van der Waals surface area contributed by atoms with Gasteiger partial charge in [-0.2, -0.15) is 0 Å². The predicted octanol–water partition coefficient (Wildman–Crippen LogP) is 4.40. The molecule has 20 heavy (non-hydrogen) atoms. The van der Waals surface area contributed by atoms with Crippen LogP contribution in [-0.2, 0) is 6.42 Å². The molecule has 1 N–H and O–H groups in total. The van der Waals surface area contributed by atoms with Gasteiger partial charge in [0.2, 0.25) is 0 Å². The van der Waals surface area contributed by atoms with E-state index in [9.17, 15) is 5.11 Å². The van der Waals surface area contributed by atoms with Gasteiger partial charge in [-0.15, -0.1) is 0 Å². The van der Waals surface area contributed by atoms with Crippen molar-refractivity contribution in [2.75, 3.05) is 0 Å². The fourth-order valence-corrected chi connectivity index (χ4v) is 3.75. The van der Waals surface area contributed by atoms with Crippen LogP contribution in [0, 0.1) is 5.92 Å². The molecule has 2 aliphatic rings. The summed E-state index contributed by atoms with van der Waals surface area (Å²) in [6.07, 6.45) is 9.51. The lowest BCUT2D eigenvalue weighted by Crippen LogP contribution is -2.25. The Balaban J connectivity index is 1.68. The number of ether oxygens (including phenoxy) is 1. The van der Waals surface area contributed by atoms with Crippen molar-refractivity contribution in [3.05, 3.63) is 29.3 Å². The molecule has 3 rings (SSSR count). The van der Waals surface area contributed by atoms with Gasteiger partial charge < -0.3 is 9.84 Å². The van der Waals surface area contributed by atoms with Crippen LogP contribution in [0.5, 0.6) is 5.75 Å². The van der Waals surface area contributed by atoms with Gasteiger partial charge >= 0.3 is 0 Å². The average molecular weight is 274 g/mol. The Morgan fingerprint density at radius 1 is 1.20 bits per heavy atom. The number of aliphatic hydroxyl groups is 1. The summed E-state index contributed by atoms with van der Waals surface area (Å²) in [6, 6.07) is 6.27. The van der Waals surface area contributed by atoms with Crippen LogP contribution >= 0.6 is 0 Å². The summed E-state index contributed by atoms with van der Waals surface area (Å²) in [4.78, 5) is 0. The van der Waals surface area contributed by atoms with E-state index in [-0.39, 0.29) is 6.10 Å². The summed E-state index contributed by atoms with van der Waals surface area (Å²) in [5, 5.41) is 10.00. The van der Waals surface area contributed by atoms with Crippen LogP contribution in [0.1, 0.15) is 69.1 Å². The zero-order valence-corrected chi connectivity index (χ0v) is 12.5. The monoisotopic (exact) mass is 274 g/mol. The smallest absolute Gasteiger partial charge is 0.120 e. The van der Waals surface area contributed by atoms with Crippen molar-refractivity contribution in [1.29, 1.82) is 0 Å². The van der Waals surface area contributed by atoms with Gasteiger partial charge in [-0.05, 0) is 67.7 Å². The van der Waals surface area contributed by atoms with E-state index in [1.807, 2.05) is 6.07 Å². The number of aliphatic hydroxyl groups excluding tert-OH is 1. The van der Waals surface area contributed by atoms with Crippen molar-refractivity contribution >= 4 is 0 Å². The number of fused-ring (bicyclic) bond motifs is 1. The van der Waals surface area contributed by atoms with Gasteiger partial charge in [-0.3, -0.25) is 0 Å². The maximum absolute atomic E-state index is 10.00. The molecule has 2 heteroatoms. The maximum atomic E-state index is 10.00. The van der Waals surface area contributed by atoms with Crippen molar-refractivity contribution in [2.24, 2.45) is 5.92 Å². The van der Waals surface area contributed by atoms with Gasteiger partial charge in [0.25, 0.3) is 0 Å². The first-order valence-corrected chi connectivity index (χ1v) is 8.23. The fraction of sp³-hybridized carbons (Fsp3) is 0.667. The van der Waals surface area contributed by atoms with Crippen molar-refractivity contribution in [1.82, 2.24) is 0 Å². The third kappa shape index (κ3) is 3.01. The van der Waals surface area contributed by atoms with Crippen molar-refractivity contribution in [2.45, 2.75) is 70.5 Å². The molecule has 1 saturated carbocycles. The van der Waals surface area contributed by atoms with Gasteiger partial charge in [0.1, 0.15) is 5.75 Å². The minimum Gasteiger partial charge on any atom is -0.490 e. The molecular formula is C18H26O2. The van der Waals surface area contributed by atoms with E-state index in [2.05, 4.69) is 19.1 Å². The first-order valence-electron chi connectivity index (χ1n) is 8.23. The molecule has 0 spiro atoms. The standard InChI is InChI=1S/C18H26O2/c1-2-13-5-3-7-15(11-13)20-16-9-10-17-14(12-16)6-4-8-18(17)19/h9-10,12-13,15,18-19H,2-8,11H2,1H3. The SMILES string of the molecule is CCC1CCCC(Oc2ccc3c(c2)CCCC3O)C1. The molecule has 3 atom stereocenters. The Hall–Kier alpha value is -1.02. The highest BCUT2D eigenvalue weighted by molar-refractivity contribution is 5.38. The second-order valence-corrected chi connectivity index (χ2v) is 6.45. The van der Waals surface area contributed by atoms with E-state index < -0.39 is 0 Å². The van der Waals surface area contributed by atoms with Crippen LogP contribution in [-0.4, -0.2) is 11.2 Å². The number of aryl methyl sites for hydroxylation is 1. The second-order valence-electron chi connectivity index (χ2n) is 6.45. The Morgan fingerprint density at radius 3 is 2.95 bits per heavy atom. The highest BCUT2D eigenvalue weighted by Gasteiger charge is 2.23. The minimum absolute atomic E-state index is 0.271. The zero-order chi connectivity index (χ0) is 13.9. The van der Waals surface area contributed by atoms with Gasteiger partial charge in [-0.1, -0.05) is 25.8 Å². The molecule has 0 bridgehead atoms. The van der Waals surface area contributed by atoms with E-state index in [1.54, 1.807) is 0 Å². The lowest BCUT2D eigenvalue weighted by molar-refractivity contribution is 0.121. The first-order chi connectivity index (χ1) is 9.76. The summed E-state index contributed by atoms with van der Waals surface area (Å²) >= 11 is 0. The molecule has 0 amide bonds.